The number of rotatable bonds is 3. The molecule has 2 aromatic heterocycles. The summed E-state index contributed by atoms with van der Waals surface area (Å²) in [6, 6.07) is 5.06. The minimum atomic E-state index is -0.0292. The van der Waals surface area contributed by atoms with Gasteiger partial charge in [-0.1, -0.05) is 11.2 Å². The third kappa shape index (κ3) is 2.04. The van der Waals surface area contributed by atoms with Crippen molar-refractivity contribution in [2.45, 2.75) is 0 Å². The number of hydrogen-bond donors (Lipinski definition) is 1. The Balaban J connectivity index is 2.04. The molecule has 0 fully saturated rings. The highest BCUT2D eigenvalue weighted by Gasteiger charge is 2.17. The quantitative estimate of drug-likeness (QED) is 0.791. The van der Waals surface area contributed by atoms with Gasteiger partial charge in [-0.15, -0.1) is 11.3 Å². The number of hydrogen-bond acceptors (Lipinski definition) is 7. The second-order valence-electron chi connectivity index (χ2n) is 3.65. The van der Waals surface area contributed by atoms with Crippen LogP contribution in [0.5, 0.6) is 11.5 Å². The zero-order valence-corrected chi connectivity index (χ0v) is 10.7. The van der Waals surface area contributed by atoms with Crippen LogP contribution in [0.3, 0.4) is 0 Å². The van der Waals surface area contributed by atoms with Crippen molar-refractivity contribution in [3.63, 3.8) is 0 Å². The fourth-order valence-corrected chi connectivity index (χ4v) is 2.15. The summed E-state index contributed by atoms with van der Waals surface area (Å²) in [6.07, 6.45) is 0. The molecule has 0 spiro atoms. The lowest BCUT2D eigenvalue weighted by molar-refractivity contribution is 0.371. The summed E-state index contributed by atoms with van der Waals surface area (Å²) >= 11 is 1.45. The molecule has 2 heterocycles. The van der Waals surface area contributed by atoms with Crippen molar-refractivity contribution >= 4 is 11.3 Å². The average Bonchev–Trinajstić information content (AvgIpc) is 3.09. The molecule has 0 aliphatic carbocycles. The minimum Gasteiger partial charge on any atom is -0.504 e. The maximum Gasteiger partial charge on any atom is 0.262 e. The number of benzene rings is 1. The molecule has 3 aromatic rings. The Kier molecular flexibility index (Phi) is 2.88. The topological polar surface area (TPSA) is 81.3 Å². The van der Waals surface area contributed by atoms with E-state index in [1.165, 1.54) is 18.4 Å². The van der Waals surface area contributed by atoms with E-state index in [9.17, 15) is 5.11 Å². The molecule has 0 aliphatic rings. The number of thiazole rings is 1. The Hall–Kier alpha value is -2.41. The molecule has 0 bridgehead atoms. The average molecular weight is 275 g/mol. The standard InChI is InChI=1S/C12H9N3O3S/c1-17-9-4-2-3-7(10(9)16)12-14-11(15-18-12)8-5-19-6-13-8/h2-6,16H,1H3. The smallest absolute Gasteiger partial charge is 0.262 e. The van der Waals surface area contributed by atoms with Gasteiger partial charge in [0.1, 0.15) is 5.69 Å². The molecule has 0 saturated carbocycles. The molecular formula is C12H9N3O3S. The summed E-state index contributed by atoms with van der Waals surface area (Å²) in [5, 5.41) is 15.7. The lowest BCUT2D eigenvalue weighted by atomic mass is 10.2. The van der Waals surface area contributed by atoms with Crippen molar-refractivity contribution in [3.8, 4) is 34.5 Å². The molecule has 19 heavy (non-hydrogen) atoms. The van der Waals surface area contributed by atoms with Crippen molar-refractivity contribution < 1.29 is 14.4 Å². The van der Waals surface area contributed by atoms with Gasteiger partial charge in [-0.25, -0.2) is 4.98 Å². The first kappa shape index (κ1) is 11.7. The van der Waals surface area contributed by atoms with Crippen molar-refractivity contribution in [1.82, 2.24) is 15.1 Å². The molecule has 6 nitrogen and oxygen atoms in total. The summed E-state index contributed by atoms with van der Waals surface area (Å²) in [7, 11) is 1.48. The molecule has 0 unspecified atom stereocenters. The fraction of sp³-hybridized carbons (Fsp3) is 0.0833. The van der Waals surface area contributed by atoms with Crippen LogP contribution < -0.4 is 4.74 Å². The normalized spacial score (nSPS) is 10.6. The van der Waals surface area contributed by atoms with Crippen LogP contribution in [0.15, 0.2) is 33.6 Å². The zero-order chi connectivity index (χ0) is 13.2. The molecule has 0 aliphatic heterocycles. The van der Waals surface area contributed by atoms with Gasteiger partial charge in [0.2, 0.25) is 5.82 Å². The molecule has 0 radical (unpaired) electrons. The van der Waals surface area contributed by atoms with Gasteiger partial charge in [-0.05, 0) is 12.1 Å². The lowest BCUT2D eigenvalue weighted by Crippen LogP contribution is -1.86. The van der Waals surface area contributed by atoms with E-state index in [-0.39, 0.29) is 11.6 Å². The van der Waals surface area contributed by atoms with Gasteiger partial charge >= 0.3 is 0 Å². The van der Waals surface area contributed by atoms with Gasteiger partial charge in [0, 0.05) is 5.38 Å². The number of phenolic OH excluding ortho intramolecular Hbond substituents is 1. The number of phenols is 1. The predicted molar refractivity (Wildman–Crippen MR) is 69.1 cm³/mol. The van der Waals surface area contributed by atoms with E-state index in [2.05, 4.69) is 15.1 Å². The fourth-order valence-electron chi connectivity index (χ4n) is 1.62. The van der Waals surface area contributed by atoms with Gasteiger partial charge < -0.3 is 14.4 Å². The maximum absolute atomic E-state index is 10.0. The lowest BCUT2D eigenvalue weighted by Gasteiger charge is -2.04. The highest BCUT2D eigenvalue weighted by Crippen LogP contribution is 2.36. The highest BCUT2D eigenvalue weighted by atomic mass is 32.1. The highest BCUT2D eigenvalue weighted by molar-refractivity contribution is 7.07. The molecule has 0 atom stereocenters. The van der Waals surface area contributed by atoms with Crippen LogP contribution in [-0.2, 0) is 0 Å². The van der Waals surface area contributed by atoms with Crippen LogP contribution in [0.4, 0.5) is 0 Å². The van der Waals surface area contributed by atoms with Crippen LogP contribution in [-0.4, -0.2) is 27.3 Å². The van der Waals surface area contributed by atoms with E-state index in [1.54, 1.807) is 23.7 Å². The SMILES string of the molecule is COc1cccc(-c2nc(-c3cscn3)no2)c1O. The Morgan fingerprint density at radius 1 is 1.37 bits per heavy atom. The molecule has 1 N–H and O–H groups in total. The largest absolute Gasteiger partial charge is 0.504 e. The Morgan fingerprint density at radius 2 is 2.26 bits per heavy atom. The van der Waals surface area contributed by atoms with E-state index in [1.807, 2.05) is 5.38 Å². The van der Waals surface area contributed by atoms with E-state index in [0.29, 0.717) is 22.8 Å². The first-order valence-corrected chi connectivity index (χ1v) is 6.32. The van der Waals surface area contributed by atoms with Gasteiger partial charge in [-0.3, -0.25) is 0 Å². The van der Waals surface area contributed by atoms with Gasteiger partial charge in [0.15, 0.2) is 11.5 Å². The second-order valence-corrected chi connectivity index (χ2v) is 4.37. The van der Waals surface area contributed by atoms with Crippen molar-refractivity contribution in [3.05, 3.63) is 29.1 Å². The molecule has 0 amide bonds. The molecule has 1 aromatic carbocycles. The zero-order valence-electron chi connectivity index (χ0n) is 9.90. The van der Waals surface area contributed by atoms with Crippen LogP contribution in [0.25, 0.3) is 23.0 Å². The van der Waals surface area contributed by atoms with Crippen molar-refractivity contribution in [1.29, 1.82) is 0 Å². The van der Waals surface area contributed by atoms with Crippen LogP contribution >= 0.6 is 11.3 Å². The van der Waals surface area contributed by atoms with Crippen LogP contribution in [0.2, 0.25) is 0 Å². The summed E-state index contributed by atoms with van der Waals surface area (Å²) in [5.41, 5.74) is 2.75. The molecule has 7 heteroatoms. The molecule has 96 valence electrons. The Labute approximate surface area is 112 Å². The van der Waals surface area contributed by atoms with Gasteiger partial charge in [0.05, 0.1) is 18.2 Å². The van der Waals surface area contributed by atoms with Gasteiger partial charge in [0.25, 0.3) is 5.89 Å². The van der Waals surface area contributed by atoms with Crippen LogP contribution in [0.1, 0.15) is 0 Å². The first-order chi connectivity index (χ1) is 9.29. The third-order valence-electron chi connectivity index (χ3n) is 2.54. The summed E-state index contributed by atoms with van der Waals surface area (Å²) in [6.45, 7) is 0. The van der Waals surface area contributed by atoms with E-state index < -0.39 is 0 Å². The minimum absolute atomic E-state index is 0.0292. The summed E-state index contributed by atoms with van der Waals surface area (Å²) in [5.74, 6) is 0.933. The maximum atomic E-state index is 10.0. The molecule has 3 rings (SSSR count). The monoisotopic (exact) mass is 275 g/mol. The third-order valence-corrected chi connectivity index (χ3v) is 3.12. The van der Waals surface area contributed by atoms with Gasteiger partial charge in [-0.2, -0.15) is 4.98 Å². The number of aromatic nitrogens is 3. The number of aromatic hydroxyl groups is 1. The second kappa shape index (κ2) is 4.69. The van der Waals surface area contributed by atoms with Crippen LogP contribution in [0, 0.1) is 0 Å². The molecule has 0 saturated heterocycles. The predicted octanol–water partition coefficient (Wildman–Crippen LogP) is 2.57. The number of methoxy groups -OCH3 is 1. The summed E-state index contributed by atoms with van der Waals surface area (Å²) in [4.78, 5) is 8.31. The van der Waals surface area contributed by atoms with Crippen molar-refractivity contribution in [2.75, 3.05) is 7.11 Å². The van der Waals surface area contributed by atoms with E-state index >= 15 is 0 Å². The number of nitrogens with zero attached hydrogens (tertiary/aromatic N) is 3. The summed E-state index contributed by atoms with van der Waals surface area (Å²) < 4.78 is 10.2. The number of ether oxygens (including phenoxy) is 1. The molecular weight excluding hydrogens is 266 g/mol. The Bertz CT molecular complexity index is 694. The van der Waals surface area contributed by atoms with E-state index in [4.69, 9.17) is 9.26 Å². The first-order valence-electron chi connectivity index (χ1n) is 5.38. The number of para-hydroxylation sites is 1. The Morgan fingerprint density at radius 3 is 3.00 bits per heavy atom. The van der Waals surface area contributed by atoms with Crippen molar-refractivity contribution in [2.24, 2.45) is 0 Å². The van der Waals surface area contributed by atoms with E-state index in [0.717, 1.165) is 0 Å².